The number of amides is 3. The van der Waals surface area contributed by atoms with Crippen LogP contribution in [0.15, 0.2) is 48.7 Å². The second-order valence-electron chi connectivity index (χ2n) is 6.83. The number of nitrogens with zero attached hydrogens (tertiary/aromatic N) is 1. The molecule has 3 amide bonds. The molecule has 9 nitrogen and oxygen atoms in total. The molecule has 2 heterocycles. The van der Waals surface area contributed by atoms with Gasteiger partial charge in [-0.15, -0.1) is 0 Å². The van der Waals surface area contributed by atoms with Crippen LogP contribution in [0.3, 0.4) is 0 Å². The molecule has 0 saturated carbocycles. The Morgan fingerprint density at radius 2 is 1.88 bits per heavy atom. The summed E-state index contributed by atoms with van der Waals surface area (Å²) in [4.78, 5) is 28.3. The maximum Gasteiger partial charge on any atom is 0.323 e. The van der Waals surface area contributed by atoms with E-state index in [4.69, 9.17) is 25.8 Å². The largest absolute Gasteiger partial charge is 0.465 e. The molecular formula is C22H18ClFN4O5. The SMILES string of the molecule is CNC(=O)c1cc(Oc2ccc(Cl)c(NC(=O)Nc3cc(F)cc4c3OCOC4)c2)ccn1. The minimum atomic E-state index is -0.664. The van der Waals surface area contributed by atoms with Crippen molar-refractivity contribution in [1.82, 2.24) is 10.3 Å². The molecule has 0 atom stereocenters. The third-order valence-corrected chi connectivity index (χ3v) is 4.87. The summed E-state index contributed by atoms with van der Waals surface area (Å²) in [5, 5.41) is 7.90. The van der Waals surface area contributed by atoms with Gasteiger partial charge in [-0.2, -0.15) is 0 Å². The molecule has 170 valence electrons. The number of fused-ring (bicyclic) bond motifs is 1. The number of nitrogens with one attached hydrogen (secondary N) is 3. The van der Waals surface area contributed by atoms with Gasteiger partial charge in [-0.25, -0.2) is 9.18 Å². The number of hydrogen-bond acceptors (Lipinski definition) is 6. The molecule has 3 N–H and O–H groups in total. The molecule has 0 fully saturated rings. The standard InChI is InChI=1S/C22H18ClFN4O5/c1-25-21(29)19-9-15(4-5-26-19)33-14-2-3-16(23)17(8-14)27-22(30)28-18-7-13(24)6-12-10-31-11-32-20(12)18/h2-9H,10-11H2,1H3,(H,25,29)(H2,27,28,30). The fourth-order valence-corrected chi connectivity index (χ4v) is 3.24. The first kappa shape index (κ1) is 22.3. The first-order chi connectivity index (χ1) is 15.9. The van der Waals surface area contributed by atoms with Crippen LogP contribution in [0.4, 0.5) is 20.6 Å². The highest BCUT2D eigenvalue weighted by Gasteiger charge is 2.19. The van der Waals surface area contributed by atoms with Crippen molar-refractivity contribution in [3.63, 3.8) is 0 Å². The van der Waals surface area contributed by atoms with Crippen LogP contribution in [0.1, 0.15) is 16.1 Å². The van der Waals surface area contributed by atoms with E-state index in [-0.39, 0.29) is 41.4 Å². The molecule has 1 aliphatic rings. The zero-order valence-electron chi connectivity index (χ0n) is 17.3. The summed E-state index contributed by atoms with van der Waals surface area (Å²) in [5.41, 5.74) is 1.08. The molecule has 0 bridgehead atoms. The molecule has 11 heteroatoms. The fourth-order valence-electron chi connectivity index (χ4n) is 3.08. The number of pyridine rings is 1. The van der Waals surface area contributed by atoms with Crippen LogP contribution < -0.4 is 25.4 Å². The van der Waals surface area contributed by atoms with E-state index >= 15 is 0 Å². The summed E-state index contributed by atoms with van der Waals surface area (Å²) < 4.78 is 30.2. The van der Waals surface area contributed by atoms with Gasteiger partial charge in [-0.05, 0) is 24.3 Å². The van der Waals surface area contributed by atoms with Gasteiger partial charge < -0.3 is 30.2 Å². The first-order valence-corrected chi connectivity index (χ1v) is 10.1. The quantitative estimate of drug-likeness (QED) is 0.503. The van der Waals surface area contributed by atoms with Crippen molar-refractivity contribution in [2.75, 3.05) is 24.5 Å². The highest BCUT2D eigenvalue weighted by Crippen LogP contribution is 2.34. The van der Waals surface area contributed by atoms with Crippen molar-refractivity contribution in [2.45, 2.75) is 6.61 Å². The van der Waals surface area contributed by atoms with Crippen molar-refractivity contribution in [3.8, 4) is 17.2 Å². The van der Waals surface area contributed by atoms with Crippen molar-refractivity contribution < 1.29 is 28.2 Å². The number of carbonyl (C=O) groups excluding carboxylic acids is 2. The fraction of sp³-hybridized carbons (Fsp3) is 0.136. The van der Waals surface area contributed by atoms with E-state index in [1.165, 1.54) is 37.5 Å². The second kappa shape index (κ2) is 9.72. The average molecular weight is 473 g/mol. The Hall–Kier alpha value is -3.89. The third-order valence-electron chi connectivity index (χ3n) is 4.54. The number of rotatable bonds is 5. The van der Waals surface area contributed by atoms with Crippen molar-refractivity contribution in [3.05, 3.63) is 70.8 Å². The third kappa shape index (κ3) is 5.30. The summed E-state index contributed by atoms with van der Waals surface area (Å²) in [6.07, 6.45) is 1.44. The van der Waals surface area contributed by atoms with Gasteiger partial charge in [0.2, 0.25) is 0 Å². The van der Waals surface area contributed by atoms with Crippen molar-refractivity contribution in [2.24, 2.45) is 0 Å². The predicted molar refractivity (Wildman–Crippen MR) is 118 cm³/mol. The summed E-state index contributed by atoms with van der Waals surface area (Å²) in [6.45, 7) is 0.169. The molecule has 4 rings (SSSR count). The Morgan fingerprint density at radius 1 is 1.09 bits per heavy atom. The maximum absolute atomic E-state index is 13.9. The van der Waals surface area contributed by atoms with Gasteiger partial charge in [-0.1, -0.05) is 11.6 Å². The molecule has 0 unspecified atom stereocenters. The number of hydrogen-bond donors (Lipinski definition) is 3. The lowest BCUT2D eigenvalue weighted by molar-refractivity contribution is -0.0160. The monoisotopic (exact) mass is 472 g/mol. The number of halogens is 2. The van der Waals surface area contributed by atoms with Crippen molar-refractivity contribution >= 4 is 34.9 Å². The van der Waals surface area contributed by atoms with E-state index in [0.29, 0.717) is 22.8 Å². The normalized spacial score (nSPS) is 12.2. The van der Waals surface area contributed by atoms with E-state index in [9.17, 15) is 14.0 Å². The van der Waals surface area contributed by atoms with E-state index in [1.54, 1.807) is 12.1 Å². The number of anilines is 2. The minimum Gasteiger partial charge on any atom is -0.465 e. The highest BCUT2D eigenvalue weighted by molar-refractivity contribution is 6.33. The Balaban J connectivity index is 1.49. The number of ether oxygens (including phenoxy) is 3. The van der Waals surface area contributed by atoms with E-state index in [2.05, 4.69) is 20.9 Å². The number of benzene rings is 2. The van der Waals surface area contributed by atoms with Gasteiger partial charge in [0.25, 0.3) is 5.91 Å². The predicted octanol–water partition coefficient (Wildman–Crippen LogP) is 4.54. The minimum absolute atomic E-state index is 0.00319. The van der Waals surface area contributed by atoms with E-state index in [0.717, 1.165) is 6.07 Å². The first-order valence-electron chi connectivity index (χ1n) is 9.69. The van der Waals surface area contributed by atoms with Crippen LogP contribution in [0.5, 0.6) is 17.2 Å². The van der Waals surface area contributed by atoms with Gasteiger partial charge in [0, 0.05) is 37.0 Å². The van der Waals surface area contributed by atoms with E-state index < -0.39 is 11.8 Å². The van der Waals surface area contributed by atoms with Crippen LogP contribution in [0.2, 0.25) is 5.02 Å². The van der Waals surface area contributed by atoms with Gasteiger partial charge in [0.1, 0.15) is 23.0 Å². The van der Waals surface area contributed by atoms with Gasteiger partial charge in [-0.3, -0.25) is 9.78 Å². The maximum atomic E-state index is 13.9. The Kier molecular flexibility index (Phi) is 6.57. The summed E-state index contributed by atoms with van der Waals surface area (Å²) in [5.74, 6) is 0.163. The Labute approximate surface area is 192 Å². The molecule has 1 aromatic heterocycles. The molecule has 0 radical (unpaired) electrons. The van der Waals surface area contributed by atoms with Gasteiger partial charge >= 0.3 is 6.03 Å². The van der Waals surface area contributed by atoms with Crippen LogP contribution in [0, 0.1) is 5.82 Å². The smallest absolute Gasteiger partial charge is 0.323 e. The molecular weight excluding hydrogens is 455 g/mol. The lowest BCUT2D eigenvalue weighted by Gasteiger charge is -2.21. The second-order valence-corrected chi connectivity index (χ2v) is 7.24. The molecule has 3 aromatic rings. The van der Waals surface area contributed by atoms with Crippen LogP contribution in [-0.2, 0) is 11.3 Å². The topological polar surface area (TPSA) is 111 Å². The molecule has 0 aliphatic carbocycles. The highest BCUT2D eigenvalue weighted by atomic mass is 35.5. The molecule has 33 heavy (non-hydrogen) atoms. The number of aromatic nitrogens is 1. The number of carbonyl (C=O) groups is 2. The molecule has 1 aliphatic heterocycles. The molecule has 0 saturated heterocycles. The lowest BCUT2D eigenvalue weighted by atomic mass is 10.1. The Bertz CT molecular complexity index is 1220. The van der Waals surface area contributed by atoms with Crippen LogP contribution in [0.25, 0.3) is 0 Å². The molecule has 2 aromatic carbocycles. The lowest BCUT2D eigenvalue weighted by Crippen LogP contribution is -2.22. The van der Waals surface area contributed by atoms with Gasteiger partial charge in [0.05, 0.1) is 23.0 Å². The Morgan fingerprint density at radius 3 is 2.70 bits per heavy atom. The van der Waals surface area contributed by atoms with Gasteiger partial charge in [0.15, 0.2) is 12.5 Å². The summed E-state index contributed by atoms with van der Waals surface area (Å²) >= 11 is 6.21. The summed E-state index contributed by atoms with van der Waals surface area (Å²) in [6, 6.07) is 9.47. The molecule has 0 spiro atoms. The average Bonchev–Trinajstić information content (AvgIpc) is 2.80. The van der Waals surface area contributed by atoms with E-state index in [1.807, 2.05) is 0 Å². The number of urea groups is 1. The van der Waals surface area contributed by atoms with Crippen molar-refractivity contribution in [1.29, 1.82) is 0 Å². The zero-order chi connectivity index (χ0) is 23.4. The summed E-state index contributed by atoms with van der Waals surface area (Å²) in [7, 11) is 1.50. The van der Waals surface area contributed by atoms with Crippen LogP contribution in [-0.4, -0.2) is 30.8 Å². The zero-order valence-corrected chi connectivity index (χ0v) is 18.0. The van der Waals surface area contributed by atoms with Crippen LogP contribution >= 0.6 is 11.6 Å².